The Balaban J connectivity index is 1.63. The molecule has 1 aromatic heterocycles. The number of benzene rings is 2. The number of carbonyl (C=O) groups excluding carboxylic acids is 2. The molecule has 2 heterocycles. The topological polar surface area (TPSA) is 54.8 Å². The Hall–Kier alpha value is -3.45. The van der Waals surface area contributed by atoms with Crippen LogP contribution in [0.3, 0.4) is 0 Å². The van der Waals surface area contributed by atoms with Crippen molar-refractivity contribution in [2.24, 2.45) is 0 Å². The molecule has 1 aliphatic rings. The van der Waals surface area contributed by atoms with Gasteiger partial charge in [-0.25, -0.2) is 4.39 Å². The number of nitrogens with zero attached hydrogens (tertiary/aromatic N) is 3. The molecule has 0 radical (unpaired) electrons. The number of aromatic nitrogens is 1. The highest BCUT2D eigenvalue weighted by molar-refractivity contribution is 5.96. The van der Waals surface area contributed by atoms with Gasteiger partial charge >= 0.3 is 0 Å². The molecule has 0 saturated heterocycles. The number of hydrogen-bond donors (Lipinski definition) is 0. The molecule has 1 aliphatic heterocycles. The normalized spacial score (nSPS) is 15.5. The summed E-state index contributed by atoms with van der Waals surface area (Å²) in [5, 5.41) is 0. The van der Waals surface area contributed by atoms with E-state index in [0.717, 1.165) is 11.3 Å². The van der Waals surface area contributed by atoms with E-state index >= 15 is 0 Å². The van der Waals surface area contributed by atoms with Gasteiger partial charge in [0.2, 0.25) is 5.91 Å². The van der Waals surface area contributed by atoms with Crippen LogP contribution in [0, 0.1) is 5.82 Å². The lowest BCUT2D eigenvalue weighted by atomic mass is 9.86. The summed E-state index contributed by atoms with van der Waals surface area (Å²) >= 11 is 0. The molecule has 6 nitrogen and oxygen atoms in total. The van der Waals surface area contributed by atoms with Crippen LogP contribution in [0.4, 0.5) is 4.39 Å². The van der Waals surface area contributed by atoms with E-state index < -0.39 is 11.7 Å². The SMILES string of the molecule is COCCN(CC(=O)N1CCn2cccc2C1c1ccc(C(C)(C)C)cc1)C(=O)c1ccccc1F. The van der Waals surface area contributed by atoms with E-state index in [4.69, 9.17) is 4.74 Å². The third-order valence-electron chi connectivity index (χ3n) is 6.73. The Morgan fingerprint density at radius 2 is 1.75 bits per heavy atom. The zero-order valence-corrected chi connectivity index (χ0v) is 21.4. The van der Waals surface area contributed by atoms with E-state index in [1.807, 2.05) is 23.2 Å². The molecule has 190 valence electrons. The number of halogens is 1. The molecule has 0 fully saturated rings. The van der Waals surface area contributed by atoms with Crippen molar-refractivity contribution in [3.8, 4) is 0 Å². The maximum atomic E-state index is 14.4. The number of amides is 2. The number of ether oxygens (including phenoxy) is 1. The molecule has 0 N–H and O–H groups in total. The van der Waals surface area contributed by atoms with Crippen LogP contribution in [0.2, 0.25) is 0 Å². The number of carbonyl (C=O) groups is 2. The highest BCUT2D eigenvalue weighted by Gasteiger charge is 2.34. The van der Waals surface area contributed by atoms with Crippen LogP contribution in [0.25, 0.3) is 0 Å². The standard InChI is InChI=1S/C29H34FN3O3/c1-29(2,3)22-13-11-21(12-14-22)27-25-10-7-15-31(25)16-17-33(27)26(34)20-32(18-19-36-4)28(35)23-8-5-6-9-24(23)30/h5-15,27H,16-20H2,1-4H3. The van der Waals surface area contributed by atoms with E-state index in [0.29, 0.717) is 13.1 Å². The van der Waals surface area contributed by atoms with Crippen LogP contribution in [0.15, 0.2) is 66.9 Å². The molecule has 1 atom stereocenters. The van der Waals surface area contributed by atoms with Crippen molar-refractivity contribution < 1.29 is 18.7 Å². The van der Waals surface area contributed by atoms with Gasteiger partial charge in [-0.15, -0.1) is 0 Å². The molecule has 2 amide bonds. The van der Waals surface area contributed by atoms with E-state index in [-0.39, 0.29) is 42.6 Å². The maximum Gasteiger partial charge on any atom is 0.257 e. The van der Waals surface area contributed by atoms with Gasteiger partial charge in [0.25, 0.3) is 5.91 Å². The predicted molar refractivity (Wildman–Crippen MR) is 137 cm³/mol. The second-order valence-corrected chi connectivity index (χ2v) is 10.2. The quantitative estimate of drug-likeness (QED) is 0.484. The average Bonchev–Trinajstić information content (AvgIpc) is 3.34. The Morgan fingerprint density at radius 3 is 2.42 bits per heavy atom. The van der Waals surface area contributed by atoms with Crippen molar-refractivity contribution in [3.05, 3.63) is 95.1 Å². The van der Waals surface area contributed by atoms with Gasteiger partial charge < -0.3 is 19.1 Å². The average molecular weight is 492 g/mol. The van der Waals surface area contributed by atoms with Crippen LogP contribution in [-0.4, -0.2) is 59.5 Å². The van der Waals surface area contributed by atoms with E-state index in [1.54, 1.807) is 6.07 Å². The van der Waals surface area contributed by atoms with Gasteiger partial charge in [0, 0.05) is 38.6 Å². The van der Waals surface area contributed by atoms with Crippen LogP contribution in [0.1, 0.15) is 54.0 Å². The fourth-order valence-electron chi connectivity index (χ4n) is 4.68. The lowest BCUT2D eigenvalue weighted by Crippen LogP contribution is -2.48. The van der Waals surface area contributed by atoms with E-state index in [2.05, 4.69) is 49.6 Å². The summed E-state index contributed by atoms with van der Waals surface area (Å²) in [5.74, 6) is -1.32. The number of methoxy groups -OCH3 is 1. The minimum atomic E-state index is -0.606. The molecule has 36 heavy (non-hydrogen) atoms. The van der Waals surface area contributed by atoms with Gasteiger partial charge in [-0.3, -0.25) is 9.59 Å². The zero-order chi connectivity index (χ0) is 25.9. The lowest BCUT2D eigenvalue weighted by Gasteiger charge is -2.38. The Kier molecular flexibility index (Phi) is 7.59. The molecular formula is C29H34FN3O3. The van der Waals surface area contributed by atoms with Crippen molar-refractivity contribution in [3.63, 3.8) is 0 Å². The summed E-state index contributed by atoms with van der Waals surface area (Å²) in [6.07, 6.45) is 2.03. The van der Waals surface area contributed by atoms with Gasteiger partial charge in [-0.1, -0.05) is 57.2 Å². The third kappa shape index (κ3) is 5.36. The first-order valence-corrected chi connectivity index (χ1v) is 12.3. The van der Waals surface area contributed by atoms with Crippen molar-refractivity contribution in [2.75, 3.05) is 33.4 Å². The summed E-state index contributed by atoms with van der Waals surface area (Å²) < 4.78 is 21.7. The molecule has 0 saturated carbocycles. The summed E-state index contributed by atoms with van der Waals surface area (Å²) in [7, 11) is 1.53. The van der Waals surface area contributed by atoms with Gasteiger partial charge in [-0.05, 0) is 40.8 Å². The van der Waals surface area contributed by atoms with Crippen molar-refractivity contribution in [2.45, 2.75) is 38.8 Å². The molecule has 0 bridgehead atoms. The highest BCUT2D eigenvalue weighted by atomic mass is 19.1. The molecule has 0 spiro atoms. The smallest absolute Gasteiger partial charge is 0.257 e. The lowest BCUT2D eigenvalue weighted by molar-refractivity contribution is -0.134. The molecule has 1 unspecified atom stereocenters. The first-order valence-electron chi connectivity index (χ1n) is 12.3. The predicted octanol–water partition coefficient (Wildman–Crippen LogP) is 4.65. The summed E-state index contributed by atoms with van der Waals surface area (Å²) in [5.41, 5.74) is 3.23. The van der Waals surface area contributed by atoms with Crippen LogP contribution >= 0.6 is 0 Å². The Labute approximate surface area is 212 Å². The third-order valence-corrected chi connectivity index (χ3v) is 6.73. The fourth-order valence-corrected chi connectivity index (χ4v) is 4.68. The molecule has 3 aromatic rings. The van der Waals surface area contributed by atoms with Crippen molar-refractivity contribution in [1.29, 1.82) is 0 Å². The molecule has 7 heteroatoms. The van der Waals surface area contributed by atoms with Crippen LogP contribution in [-0.2, 0) is 21.5 Å². The molecule has 2 aromatic carbocycles. The minimum absolute atomic E-state index is 0.0236. The zero-order valence-electron chi connectivity index (χ0n) is 21.4. The first kappa shape index (κ1) is 25.6. The van der Waals surface area contributed by atoms with Crippen molar-refractivity contribution >= 4 is 11.8 Å². The number of fused-ring (bicyclic) bond motifs is 1. The van der Waals surface area contributed by atoms with Gasteiger partial charge in [0.05, 0.1) is 18.2 Å². The second kappa shape index (κ2) is 10.7. The number of hydrogen-bond acceptors (Lipinski definition) is 3. The van der Waals surface area contributed by atoms with E-state index in [9.17, 15) is 14.0 Å². The molecule has 4 rings (SSSR count). The summed E-state index contributed by atoms with van der Waals surface area (Å²) in [4.78, 5) is 30.1. The second-order valence-electron chi connectivity index (χ2n) is 10.2. The van der Waals surface area contributed by atoms with Crippen LogP contribution in [0.5, 0.6) is 0 Å². The Morgan fingerprint density at radius 1 is 1.03 bits per heavy atom. The fraction of sp³-hybridized carbons (Fsp3) is 0.379. The van der Waals surface area contributed by atoms with Crippen LogP contribution < -0.4 is 0 Å². The van der Waals surface area contributed by atoms with E-state index in [1.165, 1.54) is 35.8 Å². The van der Waals surface area contributed by atoms with Gasteiger partial charge in [0.1, 0.15) is 12.4 Å². The molecular weight excluding hydrogens is 457 g/mol. The Bertz CT molecular complexity index is 1210. The van der Waals surface area contributed by atoms with Crippen molar-refractivity contribution in [1.82, 2.24) is 14.4 Å². The largest absolute Gasteiger partial charge is 0.383 e. The first-order chi connectivity index (χ1) is 17.2. The maximum absolute atomic E-state index is 14.4. The van der Waals surface area contributed by atoms with Gasteiger partial charge in [0.15, 0.2) is 0 Å². The highest BCUT2D eigenvalue weighted by Crippen LogP contribution is 2.34. The summed E-state index contributed by atoms with van der Waals surface area (Å²) in [6, 6.07) is 18.0. The number of rotatable bonds is 7. The summed E-state index contributed by atoms with van der Waals surface area (Å²) in [6.45, 7) is 7.97. The molecule has 0 aliphatic carbocycles. The monoisotopic (exact) mass is 491 g/mol. The van der Waals surface area contributed by atoms with Gasteiger partial charge in [-0.2, -0.15) is 0 Å². The minimum Gasteiger partial charge on any atom is -0.383 e.